The number of hydrogen-bond acceptors (Lipinski definition) is 5. The molecule has 7 nitrogen and oxygen atoms in total. The van der Waals surface area contributed by atoms with Crippen molar-refractivity contribution >= 4 is 27.3 Å². The highest BCUT2D eigenvalue weighted by atomic mass is 32.2. The van der Waals surface area contributed by atoms with E-state index < -0.39 is 15.9 Å². The highest BCUT2D eigenvalue weighted by Crippen LogP contribution is 2.22. The molecular formula is C12H13N3O4S2. The molecule has 9 heteroatoms. The van der Waals surface area contributed by atoms with Crippen LogP contribution in [0.15, 0.2) is 39.7 Å². The van der Waals surface area contributed by atoms with Gasteiger partial charge in [0.1, 0.15) is 5.75 Å². The van der Waals surface area contributed by atoms with Crippen molar-refractivity contribution in [1.29, 1.82) is 0 Å². The molecular weight excluding hydrogens is 314 g/mol. The Hall–Kier alpha value is -1.97. The second-order valence-electron chi connectivity index (χ2n) is 4.12. The van der Waals surface area contributed by atoms with Crippen LogP contribution >= 0.6 is 11.3 Å². The maximum Gasteiger partial charge on any atom is 0.283 e. The third kappa shape index (κ3) is 3.38. The van der Waals surface area contributed by atoms with Crippen molar-refractivity contribution in [1.82, 2.24) is 4.57 Å². The molecule has 2 aromatic rings. The first kappa shape index (κ1) is 15.4. The number of amides is 1. The number of sulfonamides is 1. The number of hydrogen-bond donors (Lipinski definition) is 1. The number of nitrogens with zero attached hydrogens (tertiary/aromatic N) is 2. The van der Waals surface area contributed by atoms with Crippen LogP contribution in [-0.2, 0) is 17.1 Å². The molecule has 1 aromatic heterocycles. The summed E-state index contributed by atoms with van der Waals surface area (Å²) >= 11 is 1.29. The number of primary sulfonamides is 1. The van der Waals surface area contributed by atoms with Crippen molar-refractivity contribution in [2.45, 2.75) is 4.90 Å². The fourth-order valence-corrected chi connectivity index (χ4v) is 2.88. The van der Waals surface area contributed by atoms with E-state index >= 15 is 0 Å². The number of aromatic nitrogens is 1. The second-order valence-corrected chi connectivity index (χ2v) is 6.55. The van der Waals surface area contributed by atoms with Crippen LogP contribution in [0.25, 0.3) is 0 Å². The van der Waals surface area contributed by atoms with Gasteiger partial charge in [0, 0.05) is 18.6 Å². The van der Waals surface area contributed by atoms with Gasteiger partial charge in [-0.15, -0.1) is 11.3 Å². The average molecular weight is 327 g/mol. The van der Waals surface area contributed by atoms with Gasteiger partial charge in [0.25, 0.3) is 5.91 Å². The highest BCUT2D eigenvalue weighted by molar-refractivity contribution is 7.89. The summed E-state index contributed by atoms with van der Waals surface area (Å²) in [7, 11) is -0.773. The molecule has 0 bridgehead atoms. The van der Waals surface area contributed by atoms with Gasteiger partial charge in [0.05, 0.1) is 17.6 Å². The van der Waals surface area contributed by atoms with Crippen molar-refractivity contribution in [3.05, 3.63) is 40.1 Å². The summed E-state index contributed by atoms with van der Waals surface area (Å²) in [4.78, 5) is 16.5. The lowest BCUT2D eigenvalue weighted by Gasteiger charge is -2.07. The van der Waals surface area contributed by atoms with Crippen LogP contribution in [0, 0.1) is 0 Å². The Morgan fingerprint density at radius 3 is 2.67 bits per heavy atom. The van der Waals surface area contributed by atoms with Crippen LogP contribution in [0.4, 0.5) is 0 Å². The zero-order valence-corrected chi connectivity index (χ0v) is 12.9. The van der Waals surface area contributed by atoms with E-state index in [1.807, 2.05) is 0 Å². The number of benzene rings is 1. The first-order valence-electron chi connectivity index (χ1n) is 5.73. The number of ether oxygens (including phenoxy) is 1. The minimum absolute atomic E-state index is 0.0393. The average Bonchev–Trinajstić information content (AvgIpc) is 2.82. The first-order valence-corrected chi connectivity index (χ1v) is 8.15. The molecule has 0 saturated heterocycles. The highest BCUT2D eigenvalue weighted by Gasteiger charge is 2.17. The maximum atomic E-state index is 12.2. The van der Waals surface area contributed by atoms with E-state index in [1.54, 1.807) is 23.2 Å². The molecule has 0 saturated carbocycles. The zero-order chi connectivity index (χ0) is 15.6. The Labute approximate surface area is 125 Å². The van der Waals surface area contributed by atoms with Gasteiger partial charge < -0.3 is 9.30 Å². The normalized spacial score (nSPS) is 12.4. The molecule has 0 atom stereocenters. The van der Waals surface area contributed by atoms with Crippen molar-refractivity contribution in [3.63, 3.8) is 0 Å². The van der Waals surface area contributed by atoms with Crippen LogP contribution in [0.5, 0.6) is 5.75 Å². The topological polar surface area (TPSA) is 104 Å². The standard InChI is InChI=1S/C12H13N3O4S2/c1-15-5-6-20-12(15)14-11(16)9-7-8(21(13,17)18)3-4-10(9)19-2/h3-7H,1-2H3,(H2,13,17,18). The summed E-state index contributed by atoms with van der Waals surface area (Å²) in [6.07, 6.45) is 1.76. The minimum Gasteiger partial charge on any atom is -0.496 e. The summed E-state index contributed by atoms with van der Waals surface area (Å²) in [6, 6.07) is 3.81. The molecule has 2 N–H and O–H groups in total. The summed E-state index contributed by atoms with van der Waals surface area (Å²) in [5.74, 6) is -0.370. The Balaban J connectivity index is 2.57. The lowest BCUT2D eigenvalue weighted by molar-refractivity contribution is 0.0994. The van der Waals surface area contributed by atoms with Crippen LogP contribution in [0.3, 0.4) is 0 Å². The van der Waals surface area contributed by atoms with Crippen molar-refractivity contribution in [2.24, 2.45) is 17.2 Å². The SMILES string of the molecule is COc1ccc(S(N)(=O)=O)cc1C(=O)N=c1sccn1C. The predicted octanol–water partition coefficient (Wildman–Crippen LogP) is 0.484. The van der Waals surface area contributed by atoms with Crippen molar-refractivity contribution in [2.75, 3.05) is 7.11 Å². The molecule has 1 heterocycles. The van der Waals surface area contributed by atoms with E-state index in [4.69, 9.17) is 9.88 Å². The van der Waals surface area contributed by atoms with E-state index in [1.165, 1.54) is 30.6 Å². The fraction of sp³-hybridized carbons (Fsp3) is 0.167. The first-order chi connectivity index (χ1) is 9.82. The fourth-order valence-electron chi connectivity index (χ4n) is 1.61. The van der Waals surface area contributed by atoms with E-state index in [2.05, 4.69) is 4.99 Å². The Morgan fingerprint density at radius 1 is 1.43 bits per heavy atom. The number of thiazole rings is 1. The van der Waals surface area contributed by atoms with Gasteiger partial charge in [-0.3, -0.25) is 4.79 Å². The zero-order valence-electron chi connectivity index (χ0n) is 11.3. The Morgan fingerprint density at radius 2 is 2.14 bits per heavy atom. The van der Waals surface area contributed by atoms with Gasteiger partial charge in [0.15, 0.2) is 4.80 Å². The van der Waals surface area contributed by atoms with Gasteiger partial charge in [-0.05, 0) is 18.2 Å². The van der Waals surface area contributed by atoms with Crippen LogP contribution < -0.4 is 14.7 Å². The predicted molar refractivity (Wildman–Crippen MR) is 77.6 cm³/mol. The molecule has 112 valence electrons. The van der Waals surface area contributed by atoms with Crippen LogP contribution in [0.1, 0.15) is 10.4 Å². The third-order valence-electron chi connectivity index (χ3n) is 2.69. The lowest BCUT2D eigenvalue weighted by Crippen LogP contribution is -2.15. The summed E-state index contributed by atoms with van der Waals surface area (Å²) in [5.41, 5.74) is 0.0393. The number of aryl methyl sites for hydroxylation is 1. The minimum atomic E-state index is -3.91. The molecule has 21 heavy (non-hydrogen) atoms. The number of carbonyl (C=O) groups excluding carboxylic acids is 1. The van der Waals surface area contributed by atoms with E-state index in [0.29, 0.717) is 4.80 Å². The molecule has 1 aromatic carbocycles. The van der Waals surface area contributed by atoms with Gasteiger partial charge in [0.2, 0.25) is 10.0 Å². The van der Waals surface area contributed by atoms with Crippen molar-refractivity contribution < 1.29 is 17.9 Å². The number of rotatable bonds is 3. The monoisotopic (exact) mass is 327 g/mol. The molecule has 0 unspecified atom stereocenters. The number of carbonyl (C=O) groups is 1. The lowest BCUT2D eigenvalue weighted by atomic mass is 10.2. The van der Waals surface area contributed by atoms with Gasteiger partial charge in [-0.1, -0.05) is 0 Å². The molecule has 2 rings (SSSR count). The van der Waals surface area contributed by atoms with Crippen LogP contribution in [-0.4, -0.2) is 26.0 Å². The Kier molecular flexibility index (Phi) is 4.26. The van der Waals surface area contributed by atoms with Gasteiger partial charge in [-0.2, -0.15) is 4.99 Å². The smallest absolute Gasteiger partial charge is 0.283 e. The van der Waals surface area contributed by atoms with E-state index in [0.717, 1.165) is 6.07 Å². The van der Waals surface area contributed by atoms with Gasteiger partial charge in [-0.25, -0.2) is 13.6 Å². The molecule has 1 amide bonds. The second kappa shape index (κ2) is 5.80. The molecule has 0 aliphatic carbocycles. The van der Waals surface area contributed by atoms with Crippen molar-refractivity contribution in [3.8, 4) is 5.75 Å². The molecule has 0 radical (unpaired) electrons. The largest absolute Gasteiger partial charge is 0.496 e. The number of methoxy groups -OCH3 is 1. The van der Waals surface area contributed by atoms with E-state index in [9.17, 15) is 13.2 Å². The third-order valence-corrected chi connectivity index (χ3v) is 4.45. The van der Waals surface area contributed by atoms with Gasteiger partial charge >= 0.3 is 0 Å². The maximum absolute atomic E-state index is 12.2. The van der Waals surface area contributed by atoms with Crippen LogP contribution in [0.2, 0.25) is 0 Å². The Bertz CT molecular complexity index is 849. The molecule has 0 spiro atoms. The summed E-state index contributed by atoms with van der Waals surface area (Å²) in [6.45, 7) is 0. The summed E-state index contributed by atoms with van der Waals surface area (Å²) in [5, 5.41) is 6.85. The molecule has 0 aliphatic heterocycles. The molecule has 0 aliphatic rings. The quantitative estimate of drug-likeness (QED) is 0.885. The molecule has 0 fully saturated rings. The van der Waals surface area contributed by atoms with E-state index in [-0.39, 0.29) is 16.2 Å². The summed E-state index contributed by atoms with van der Waals surface area (Å²) < 4.78 is 29.5. The number of nitrogens with two attached hydrogens (primary N) is 1.